The molecule has 0 fully saturated rings. The van der Waals surface area contributed by atoms with Gasteiger partial charge in [0.2, 0.25) is 9.70 Å². The van der Waals surface area contributed by atoms with Crippen molar-refractivity contribution in [3.8, 4) is 0 Å². The van der Waals surface area contributed by atoms with E-state index in [1.807, 2.05) is 5.32 Å². The fraction of sp³-hybridized carbons (Fsp3) is 0.800. The summed E-state index contributed by atoms with van der Waals surface area (Å²) in [5, 5.41) is 1.82. The zero-order valence-corrected chi connectivity index (χ0v) is 10.2. The predicted molar refractivity (Wildman–Crippen MR) is 50.1 cm³/mol. The molecule has 0 unspecified atom stereocenters. The number of hydrogen-bond acceptors (Lipinski definition) is 4. The maximum absolute atomic E-state index is 10.8. The Hall–Kier alpha value is 0.490. The van der Waals surface area contributed by atoms with E-state index in [0.29, 0.717) is 0 Å². The number of nitrogens with one attached hydrogen (secondary N) is 1. The van der Waals surface area contributed by atoms with Crippen LogP contribution in [0.4, 0.5) is 0 Å². The molecule has 0 heterocycles. The van der Waals surface area contributed by atoms with E-state index in [1.54, 1.807) is 0 Å². The van der Waals surface area contributed by atoms with Gasteiger partial charge in [0.1, 0.15) is 5.78 Å². The Morgan fingerprint density at radius 3 is 2.14 bits per heavy atom. The van der Waals surface area contributed by atoms with Crippen LogP contribution in [0.1, 0.15) is 13.3 Å². The van der Waals surface area contributed by atoms with Crippen LogP contribution in [-0.2, 0) is 9.36 Å². The first kappa shape index (κ1) is 14.5. The van der Waals surface area contributed by atoms with Crippen molar-refractivity contribution in [3.63, 3.8) is 0 Å². The lowest BCUT2D eigenvalue weighted by Crippen LogP contribution is -2.48. The Kier molecular flexibility index (Phi) is 5.19. The van der Waals surface area contributed by atoms with E-state index in [0.717, 1.165) is 0 Å². The molecule has 5 nitrogen and oxygen atoms in total. The third-order valence-corrected chi connectivity index (χ3v) is 3.51. The maximum Gasteiger partial charge on any atom is 0.220 e. The molecular weight excluding hydrogens is 275 g/mol. The maximum atomic E-state index is 10.8. The van der Waals surface area contributed by atoms with Crippen LogP contribution in [0.2, 0.25) is 0 Å². The highest BCUT2D eigenvalue weighted by Crippen LogP contribution is 2.45. The third-order valence-electron chi connectivity index (χ3n) is 1.25. The van der Waals surface area contributed by atoms with Crippen molar-refractivity contribution in [2.24, 2.45) is 0 Å². The van der Waals surface area contributed by atoms with E-state index in [-0.39, 0.29) is 6.42 Å². The van der Waals surface area contributed by atoms with Gasteiger partial charge in [-0.15, -0.1) is 0 Å². The SMILES string of the molecule is CCC(=O)N[C@@H](C(Cl)(Cl)Cl)P(=O)([O-])[O-]. The number of carbonyl (C=O) groups is 1. The molecule has 1 N–H and O–H groups in total. The average Bonchev–Trinajstić information content (AvgIpc) is 1.95. The molecule has 1 amide bonds. The lowest BCUT2D eigenvalue weighted by atomic mass is 10.4. The molecule has 0 bridgehead atoms. The Balaban J connectivity index is 4.77. The van der Waals surface area contributed by atoms with E-state index in [1.165, 1.54) is 6.92 Å². The van der Waals surface area contributed by atoms with Crippen molar-refractivity contribution < 1.29 is 19.1 Å². The van der Waals surface area contributed by atoms with Crippen LogP contribution >= 0.6 is 42.4 Å². The summed E-state index contributed by atoms with van der Waals surface area (Å²) in [6.07, 6.45) is -0.0166. The second-order valence-electron chi connectivity index (χ2n) is 2.41. The minimum Gasteiger partial charge on any atom is -0.809 e. The van der Waals surface area contributed by atoms with Gasteiger partial charge in [0.15, 0.2) is 0 Å². The zero-order chi connectivity index (χ0) is 11.6. The molecule has 0 aliphatic carbocycles. The van der Waals surface area contributed by atoms with Gasteiger partial charge >= 0.3 is 0 Å². The van der Waals surface area contributed by atoms with Crippen molar-refractivity contribution >= 4 is 48.3 Å². The second-order valence-corrected chi connectivity index (χ2v) is 6.37. The summed E-state index contributed by atoms with van der Waals surface area (Å²) in [6, 6.07) is 0. The minimum absolute atomic E-state index is 0.0166. The Morgan fingerprint density at radius 1 is 1.50 bits per heavy atom. The molecule has 84 valence electrons. The molecule has 9 heteroatoms. The van der Waals surface area contributed by atoms with E-state index >= 15 is 0 Å². The summed E-state index contributed by atoms with van der Waals surface area (Å²) in [6.45, 7) is 1.46. The Morgan fingerprint density at radius 2 is 1.93 bits per heavy atom. The largest absolute Gasteiger partial charge is 0.809 e. The van der Waals surface area contributed by atoms with Crippen LogP contribution in [0.3, 0.4) is 0 Å². The number of rotatable bonds is 3. The molecule has 0 aliphatic rings. The number of carbonyl (C=O) groups excluding carboxylic acids is 1. The fourth-order valence-electron chi connectivity index (χ4n) is 0.595. The van der Waals surface area contributed by atoms with Crippen LogP contribution in [0.5, 0.6) is 0 Å². The van der Waals surface area contributed by atoms with Gasteiger partial charge < -0.3 is 19.7 Å². The molecule has 0 aromatic rings. The Labute approximate surface area is 95.9 Å². The summed E-state index contributed by atoms with van der Waals surface area (Å²) < 4.78 is 8.26. The van der Waals surface area contributed by atoms with Gasteiger partial charge in [-0.2, -0.15) is 0 Å². The van der Waals surface area contributed by atoms with Gasteiger partial charge in [0.25, 0.3) is 0 Å². The van der Waals surface area contributed by atoms with Gasteiger partial charge in [-0.25, -0.2) is 0 Å². The molecule has 0 aromatic carbocycles. The molecule has 0 rings (SSSR count). The lowest BCUT2D eigenvalue weighted by Gasteiger charge is -2.41. The summed E-state index contributed by atoms with van der Waals surface area (Å²) >= 11 is 15.7. The first-order valence-electron chi connectivity index (χ1n) is 3.47. The number of hydrogen-bond donors (Lipinski definition) is 1. The zero-order valence-electron chi connectivity index (χ0n) is 7.00. The highest BCUT2D eigenvalue weighted by molar-refractivity contribution is 7.50. The van der Waals surface area contributed by atoms with E-state index in [4.69, 9.17) is 34.8 Å². The van der Waals surface area contributed by atoms with Gasteiger partial charge in [-0.05, 0) is 7.60 Å². The third kappa shape index (κ3) is 4.82. The minimum atomic E-state index is -5.19. The van der Waals surface area contributed by atoms with Gasteiger partial charge in [0, 0.05) is 6.42 Å². The monoisotopic (exact) mass is 281 g/mol. The summed E-state index contributed by atoms with van der Waals surface area (Å²) in [5.74, 6) is -2.74. The first-order chi connectivity index (χ1) is 6.09. The quantitative estimate of drug-likeness (QED) is 0.588. The smallest absolute Gasteiger partial charge is 0.220 e. The summed E-state index contributed by atoms with van der Waals surface area (Å²) in [7, 11) is -5.19. The van der Waals surface area contributed by atoms with Gasteiger partial charge in [0.05, 0.1) is 0 Å². The van der Waals surface area contributed by atoms with Crippen molar-refractivity contribution in [2.45, 2.75) is 22.9 Å². The van der Waals surface area contributed by atoms with Crippen molar-refractivity contribution in [2.75, 3.05) is 0 Å². The molecule has 1 atom stereocenters. The van der Waals surface area contributed by atoms with Crippen LogP contribution < -0.4 is 15.1 Å². The molecule has 0 aromatic heterocycles. The van der Waals surface area contributed by atoms with Crippen molar-refractivity contribution in [1.82, 2.24) is 5.32 Å². The molecular formula is C5H7Cl3NO4P-2. The normalized spacial score (nSPS) is 15.0. The standard InChI is InChI=1S/C5H9Cl3NO4P/c1-2-3(10)9-4(5(6,7)8)14(11,12)13/h4H,2H2,1H3,(H,9,10)(H2,11,12,13)/p-2/t4-/m1/s1. The topological polar surface area (TPSA) is 92.3 Å². The molecule has 0 aliphatic heterocycles. The summed E-state index contributed by atoms with van der Waals surface area (Å²) in [5.41, 5.74) is 0. The number of alkyl halides is 3. The molecule has 0 saturated heterocycles. The van der Waals surface area contributed by atoms with Crippen LogP contribution in [0, 0.1) is 0 Å². The Bertz CT molecular complexity index is 260. The molecule has 0 radical (unpaired) electrons. The molecule has 14 heavy (non-hydrogen) atoms. The van der Waals surface area contributed by atoms with Crippen LogP contribution in [-0.4, -0.2) is 15.5 Å². The predicted octanol–water partition coefficient (Wildman–Crippen LogP) is 0.123. The number of amides is 1. The fourth-order valence-corrected chi connectivity index (χ4v) is 2.49. The van der Waals surface area contributed by atoms with Gasteiger partial charge in [-0.1, -0.05) is 41.7 Å². The van der Waals surface area contributed by atoms with Crippen LogP contribution in [0.15, 0.2) is 0 Å². The van der Waals surface area contributed by atoms with E-state index in [9.17, 15) is 19.1 Å². The average molecular weight is 282 g/mol. The van der Waals surface area contributed by atoms with E-state index < -0.39 is 23.1 Å². The first-order valence-corrected chi connectivity index (χ1v) is 6.21. The highest BCUT2D eigenvalue weighted by Gasteiger charge is 2.36. The highest BCUT2D eigenvalue weighted by atomic mass is 35.6. The van der Waals surface area contributed by atoms with Crippen molar-refractivity contribution in [1.29, 1.82) is 0 Å². The van der Waals surface area contributed by atoms with E-state index in [2.05, 4.69) is 0 Å². The second kappa shape index (κ2) is 5.01. The molecule has 0 spiro atoms. The van der Waals surface area contributed by atoms with Crippen LogP contribution in [0.25, 0.3) is 0 Å². The summed E-state index contributed by atoms with van der Waals surface area (Å²) in [4.78, 5) is 32.1. The lowest BCUT2D eigenvalue weighted by molar-refractivity contribution is -0.317. The van der Waals surface area contributed by atoms with Crippen molar-refractivity contribution in [3.05, 3.63) is 0 Å². The molecule has 0 saturated carbocycles. The number of halogens is 3. The van der Waals surface area contributed by atoms with Gasteiger partial charge in [-0.3, -0.25) is 4.79 Å².